The number of benzene rings is 1. The average Bonchev–Trinajstić information content (AvgIpc) is 3.24. The molecule has 2 aliphatic carbocycles. The number of amides is 1. The maximum absolute atomic E-state index is 13.8. The van der Waals surface area contributed by atoms with Gasteiger partial charge in [0.05, 0.1) is 18.3 Å². The van der Waals surface area contributed by atoms with Gasteiger partial charge in [0, 0.05) is 68.7 Å². The van der Waals surface area contributed by atoms with Crippen molar-refractivity contribution in [3.8, 4) is 17.3 Å². The Labute approximate surface area is 245 Å². The van der Waals surface area contributed by atoms with Crippen LogP contribution in [0.5, 0.6) is 5.75 Å². The highest BCUT2D eigenvalue weighted by molar-refractivity contribution is 6.00. The van der Waals surface area contributed by atoms with Crippen molar-refractivity contribution < 1.29 is 9.53 Å². The molecule has 4 aliphatic rings. The van der Waals surface area contributed by atoms with Crippen LogP contribution in [0.1, 0.15) is 41.9 Å². The molecule has 1 amide bonds. The van der Waals surface area contributed by atoms with E-state index in [0.29, 0.717) is 23.1 Å². The predicted octanol–water partition coefficient (Wildman–Crippen LogP) is 3.72. The van der Waals surface area contributed by atoms with E-state index >= 15 is 0 Å². The summed E-state index contributed by atoms with van der Waals surface area (Å²) in [6.07, 6.45) is 8.66. The summed E-state index contributed by atoms with van der Waals surface area (Å²) in [4.78, 5) is 32.1. The highest BCUT2D eigenvalue weighted by Crippen LogP contribution is 2.40. The third-order valence-corrected chi connectivity index (χ3v) is 9.88. The Kier molecular flexibility index (Phi) is 6.03. The topological polar surface area (TPSA) is 107 Å². The molecule has 10 heteroatoms. The third kappa shape index (κ3) is 4.26. The Morgan fingerprint density at radius 3 is 2.62 bits per heavy atom. The van der Waals surface area contributed by atoms with Gasteiger partial charge in [-0.15, -0.1) is 0 Å². The van der Waals surface area contributed by atoms with Crippen molar-refractivity contribution in [2.75, 3.05) is 31.6 Å². The molecule has 4 aromatic rings. The molecule has 2 saturated carbocycles. The zero-order valence-corrected chi connectivity index (χ0v) is 24.3. The fraction of sp³-hybridized carbons (Fsp3) is 0.500. The minimum Gasteiger partial charge on any atom is -0.494 e. The van der Waals surface area contributed by atoms with Crippen molar-refractivity contribution in [2.45, 2.75) is 57.8 Å². The smallest absolute Gasteiger partial charge is 0.254 e. The average molecular weight is 567 g/mol. The summed E-state index contributed by atoms with van der Waals surface area (Å²) in [5.74, 6) is 4.98. The Hall–Kier alpha value is -3.92. The SMILES string of the molecule is COc1cc(C(=O)N2C[C@H]3CC[C@@H]2[C@@H]3N)cc2nc(-c3cccn3CC3CC3)n(CC3CN(c4ccnc(C)n4)C3)c12. The number of nitrogens with two attached hydrogens (primary N) is 1. The van der Waals surface area contributed by atoms with E-state index < -0.39 is 0 Å². The molecule has 0 unspecified atom stereocenters. The number of likely N-dealkylation sites (tertiary alicyclic amines) is 1. The summed E-state index contributed by atoms with van der Waals surface area (Å²) >= 11 is 0. The molecule has 1 aromatic carbocycles. The molecule has 0 spiro atoms. The highest BCUT2D eigenvalue weighted by atomic mass is 16.5. The van der Waals surface area contributed by atoms with Crippen LogP contribution in [0.4, 0.5) is 5.82 Å². The number of rotatable bonds is 8. The number of hydrogen-bond donors (Lipinski definition) is 1. The Morgan fingerprint density at radius 2 is 1.90 bits per heavy atom. The molecule has 10 nitrogen and oxygen atoms in total. The summed E-state index contributed by atoms with van der Waals surface area (Å²) in [5.41, 5.74) is 9.91. The predicted molar refractivity (Wildman–Crippen MR) is 160 cm³/mol. The Balaban J connectivity index is 1.16. The largest absolute Gasteiger partial charge is 0.494 e. The first-order chi connectivity index (χ1) is 20.5. The van der Waals surface area contributed by atoms with Crippen molar-refractivity contribution in [2.24, 2.45) is 23.5 Å². The first-order valence-electron chi connectivity index (χ1n) is 15.3. The molecule has 0 radical (unpaired) electrons. The molecular formula is C32H38N8O2. The van der Waals surface area contributed by atoms with Crippen molar-refractivity contribution in [1.82, 2.24) is 29.0 Å². The first kappa shape index (κ1) is 25.8. The van der Waals surface area contributed by atoms with E-state index in [-0.39, 0.29) is 18.0 Å². The quantitative estimate of drug-likeness (QED) is 0.346. The normalized spacial score (nSPS) is 23.6. The molecule has 8 rings (SSSR count). The van der Waals surface area contributed by atoms with E-state index in [1.54, 1.807) is 7.11 Å². The number of aryl methyl sites for hydroxylation is 1. The summed E-state index contributed by atoms with van der Waals surface area (Å²) in [7, 11) is 1.69. The second-order valence-corrected chi connectivity index (χ2v) is 12.8. The van der Waals surface area contributed by atoms with Gasteiger partial charge in [0.25, 0.3) is 5.91 Å². The standard InChI is InChI=1S/C32H38N8O2/c1-19-34-10-9-28(35-19)38-15-21(16-38)17-40-30-24(36-31(40)26-4-3-11-37(26)14-20-5-6-20)12-23(13-27(30)42-2)32(41)39-18-22-7-8-25(39)29(22)33/h3-4,9-13,20-22,25,29H,5-8,14-18,33H2,1-2H3/t22-,25-,29-/m1/s1. The van der Waals surface area contributed by atoms with Gasteiger partial charge in [-0.2, -0.15) is 0 Å². The van der Waals surface area contributed by atoms with Crippen LogP contribution < -0.4 is 15.4 Å². The molecular weight excluding hydrogens is 528 g/mol. The lowest BCUT2D eigenvalue weighted by molar-refractivity contribution is 0.0700. The monoisotopic (exact) mass is 566 g/mol. The van der Waals surface area contributed by atoms with Crippen LogP contribution in [0.3, 0.4) is 0 Å². The number of piperidine rings is 1. The number of carbonyl (C=O) groups is 1. The second-order valence-electron chi connectivity index (χ2n) is 12.8. The van der Waals surface area contributed by atoms with Gasteiger partial charge in [0.2, 0.25) is 0 Å². The zero-order chi connectivity index (χ0) is 28.5. The minimum absolute atomic E-state index is 0.0286. The van der Waals surface area contributed by atoms with Gasteiger partial charge in [-0.05, 0) is 74.8 Å². The first-order valence-corrected chi connectivity index (χ1v) is 15.3. The maximum Gasteiger partial charge on any atom is 0.254 e. The molecule has 3 aromatic heterocycles. The number of anilines is 1. The van der Waals surface area contributed by atoms with Gasteiger partial charge < -0.3 is 29.4 Å². The highest BCUT2D eigenvalue weighted by Gasteiger charge is 2.47. The molecule has 4 fully saturated rings. The number of aromatic nitrogens is 5. The molecule has 3 atom stereocenters. The van der Waals surface area contributed by atoms with Gasteiger partial charge in [0.15, 0.2) is 5.82 Å². The summed E-state index contributed by atoms with van der Waals surface area (Å²) < 4.78 is 10.6. The number of fused-ring (bicyclic) bond motifs is 3. The van der Waals surface area contributed by atoms with Crippen LogP contribution in [-0.2, 0) is 13.1 Å². The van der Waals surface area contributed by atoms with Gasteiger partial charge >= 0.3 is 0 Å². The van der Waals surface area contributed by atoms with Crippen LogP contribution in [0.2, 0.25) is 0 Å². The third-order valence-electron chi connectivity index (χ3n) is 9.88. The lowest BCUT2D eigenvalue weighted by atomic mass is 9.99. The van der Waals surface area contributed by atoms with E-state index in [1.807, 2.05) is 36.2 Å². The fourth-order valence-electron chi connectivity index (χ4n) is 7.44. The van der Waals surface area contributed by atoms with Crippen LogP contribution in [-0.4, -0.2) is 73.7 Å². The van der Waals surface area contributed by atoms with Gasteiger partial charge in [-0.3, -0.25) is 4.79 Å². The van der Waals surface area contributed by atoms with Crippen molar-refractivity contribution in [3.05, 3.63) is 54.1 Å². The van der Waals surface area contributed by atoms with E-state index in [4.69, 9.17) is 15.5 Å². The Bertz CT molecular complexity index is 1670. The Morgan fingerprint density at radius 1 is 1.05 bits per heavy atom. The van der Waals surface area contributed by atoms with Gasteiger partial charge in [-0.25, -0.2) is 15.0 Å². The second kappa shape index (κ2) is 9.83. The molecule has 2 N–H and O–H groups in total. The number of imidazole rings is 1. The molecule has 2 saturated heterocycles. The van der Waals surface area contributed by atoms with E-state index in [2.05, 4.69) is 42.3 Å². The molecule has 2 aliphatic heterocycles. The lowest BCUT2D eigenvalue weighted by Gasteiger charge is -2.40. The minimum atomic E-state index is 0.0286. The zero-order valence-electron chi connectivity index (χ0n) is 24.3. The van der Waals surface area contributed by atoms with E-state index in [9.17, 15) is 4.79 Å². The van der Waals surface area contributed by atoms with Gasteiger partial charge in [0.1, 0.15) is 22.9 Å². The number of nitrogens with zero attached hydrogens (tertiary/aromatic N) is 7. The van der Waals surface area contributed by atoms with Crippen molar-refractivity contribution in [3.63, 3.8) is 0 Å². The summed E-state index contributed by atoms with van der Waals surface area (Å²) in [5, 5.41) is 0. The summed E-state index contributed by atoms with van der Waals surface area (Å²) in [6, 6.07) is 10.3. The number of hydrogen-bond acceptors (Lipinski definition) is 7. The van der Waals surface area contributed by atoms with Crippen molar-refractivity contribution >= 4 is 22.8 Å². The molecule has 42 heavy (non-hydrogen) atoms. The van der Waals surface area contributed by atoms with Crippen LogP contribution >= 0.6 is 0 Å². The van der Waals surface area contributed by atoms with E-state index in [1.165, 1.54) is 12.8 Å². The van der Waals surface area contributed by atoms with Crippen LogP contribution in [0, 0.1) is 24.7 Å². The van der Waals surface area contributed by atoms with Crippen molar-refractivity contribution in [1.29, 1.82) is 0 Å². The van der Waals surface area contributed by atoms with Gasteiger partial charge in [-0.1, -0.05) is 0 Å². The summed E-state index contributed by atoms with van der Waals surface area (Å²) in [6.45, 7) is 6.30. The molecule has 5 heterocycles. The van der Waals surface area contributed by atoms with Crippen LogP contribution in [0.15, 0.2) is 42.7 Å². The number of carbonyl (C=O) groups excluding carboxylic acids is 1. The molecule has 218 valence electrons. The van der Waals surface area contributed by atoms with E-state index in [0.717, 1.165) is 85.7 Å². The van der Waals surface area contributed by atoms with Crippen LogP contribution in [0.25, 0.3) is 22.6 Å². The lowest BCUT2D eigenvalue weighted by Crippen LogP contribution is -2.49. The number of methoxy groups -OCH3 is 1. The maximum atomic E-state index is 13.8. The fourth-order valence-corrected chi connectivity index (χ4v) is 7.44. The number of ether oxygens (including phenoxy) is 1. The molecule has 2 bridgehead atoms.